The summed E-state index contributed by atoms with van der Waals surface area (Å²) in [7, 11) is 3.16. The molecule has 0 aliphatic carbocycles. The molecule has 7 nitrogen and oxygen atoms in total. The second-order valence-electron chi connectivity index (χ2n) is 6.65. The van der Waals surface area contributed by atoms with Gasteiger partial charge in [0.05, 0.1) is 11.8 Å². The predicted molar refractivity (Wildman–Crippen MR) is 113 cm³/mol. The fourth-order valence-electron chi connectivity index (χ4n) is 3.50. The van der Waals surface area contributed by atoms with Crippen LogP contribution in [0.5, 0.6) is 0 Å². The maximum absolute atomic E-state index is 12.0. The molecule has 2 N–H and O–H groups in total. The lowest BCUT2D eigenvalue weighted by molar-refractivity contribution is 0.0590. The molecule has 0 saturated heterocycles. The van der Waals surface area contributed by atoms with Crippen molar-refractivity contribution in [3.63, 3.8) is 0 Å². The number of nitrogen functional groups attached to an aromatic ring is 1. The Kier molecular flexibility index (Phi) is 3.88. The third kappa shape index (κ3) is 2.68. The van der Waals surface area contributed by atoms with Gasteiger partial charge in [0.25, 0.3) is 0 Å². The van der Waals surface area contributed by atoms with Gasteiger partial charge in [0.1, 0.15) is 11.5 Å². The van der Waals surface area contributed by atoms with Gasteiger partial charge < -0.3 is 19.5 Å². The number of ether oxygens (including phenoxy) is 1. The van der Waals surface area contributed by atoms with Crippen LogP contribution in [0, 0.1) is 0 Å². The van der Waals surface area contributed by atoms with E-state index < -0.39 is 5.97 Å². The zero-order valence-electron chi connectivity index (χ0n) is 15.7. The van der Waals surface area contributed by atoms with Crippen LogP contribution >= 0.6 is 11.3 Å². The SMILES string of the molecule is COC(=O)c1cc(-c2cnc(N)c3oc(-c4csc5cnccc45)cc23)cn1C. The fourth-order valence-corrected chi connectivity index (χ4v) is 4.41. The number of rotatable bonds is 3. The third-order valence-electron chi connectivity index (χ3n) is 4.94. The number of thiophene rings is 1. The Morgan fingerprint density at radius 3 is 2.93 bits per heavy atom. The van der Waals surface area contributed by atoms with Crippen LogP contribution < -0.4 is 5.73 Å². The average Bonchev–Trinajstić information content (AvgIpc) is 3.44. The maximum atomic E-state index is 12.0. The van der Waals surface area contributed by atoms with E-state index in [2.05, 4.69) is 9.97 Å². The highest BCUT2D eigenvalue weighted by molar-refractivity contribution is 7.17. The Bertz CT molecular complexity index is 1400. The van der Waals surface area contributed by atoms with Crippen LogP contribution in [0.25, 0.3) is 43.5 Å². The molecule has 0 fully saturated rings. The minimum absolute atomic E-state index is 0.320. The number of anilines is 1. The van der Waals surface area contributed by atoms with Crippen LogP contribution in [0.4, 0.5) is 5.82 Å². The molecule has 5 heterocycles. The van der Waals surface area contributed by atoms with E-state index in [0.717, 1.165) is 32.2 Å². The van der Waals surface area contributed by atoms with Gasteiger partial charge in [-0.2, -0.15) is 0 Å². The zero-order chi connectivity index (χ0) is 20.1. The van der Waals surface area contributed by atoms with Crippen LogP contribution in [-0.4, -0.2) is 27.6 Å². The number of aromatic nitrogens is 3. The summed E-state index contributed by atoms with van der Waals surface area (Å²) in [6.45, 7) is 0. The maximum Gasteiger partial charge on any atom is 0.354 e. The molecule has 5 rings (SSSR count). The van der Waals surface area contributed by atoms with E-state index in [4.69, 9.17) is 14.9 Å². The van der Waals surface area contributed by atoms with Crippen molar-refractivity contribution in [1.29, 1.82) is 0 Å². The molecule has 0 spiro atoms. The molecule has 144 valence electrons. The Hall–Kier alpha value is -3.65. The van der Waals surface area contributed by atoms with Crippen LogP contribution in [0.2, 0.25) is 0 Å². The van der Waals surface area contributed by atoms with Crippen molar-refractivity contribution in [3.8, 4) is 22.5 Å². The van der Waals surface area contributed by atoms with Gasteiger partial charge in [0.2, 0.25) is 0 Å². The lowest BCUT2D eigenvalue weighted by Crippen LogP contribution is -2.06. The van der Waals surface area contributed by atoms with Gasteiger partial charge >= 0.3 is 5.97 Å². The molecule has 0 unspecified atom stereocenters. The summed E-state index contributed by atoms with van der Waals surface area (Å²) in [6, 6.07) is 5.71. The first-order valence-corrected chi connectivity index (χ1v) is 9.69. The standard InChI is InChI=1S/C21H16N4O3S/c1-25-9-11(5-16(25)21(26)27-2)14-7-24-20(22)19-13(14)6-17(28-19)15-10-29-18-8-23-4-3-12(15)18/h3-10H,1-2H3,(H2,22,24). The van der Waals surface area contributed by atoms with Crippen molar-refractivity contribution in [2.75, 3.05) is 12.8 Å². The van der Waals surface area contributed by atoms with E-state index in [1.165, 1.54) is 7.11 Å². The topological polar surface area (TPSA) is 96.2 Å². The van der Waals surface area contributed by atoms with E-state index in [0.29, 0.717) is 22.9 Å². The van der Waals surface area contributed by atoms with Gasteiger partial charge in [-0.3, -0.25) is 4.98 Å². The van der Waals surface area contributed by atoms with Gasteiger partial charge in [0, 0.05) is 64.7 Å². The molecule has 0 atom stereocenters. The van der Waals surface area contributed by atoms with Gasteiger partial charge in [-0.25, -0.2) is 9.78 Å². The molecule has 29 heavy (non-hydrogen) atoms. The summed E-state index contributed by atoms with van der Waals surface area (Å²) in [5.41, 5.74) is 9.71. The Morgan fingerprint density at radius 2 is 2.10 bits per heavy atom. The Labute approximate surface area is 169 Å². The second kappa shape index (κ2) is 6.46. The first-order chi connectivity index (χ1) is 14.1. The number of pyridine rings is 2. The van der Waals surface area contributed by atoms with Crippen molar-refractivity contribution in [1.82, 2.24) is 14.5 Å². The normalized spacial score (nSPS) is 11.4. The van der Waals surface area contributed by atoms with E-state index in [9.17, 15) is 4.79 Å². The van der Waals surface area contributed by atoms with Crippen molar-refractivity contribution >= 4 is 44.2 Å². The quantitative estimate of drug-likeness (QED) is 0.446. The molecule has 8 heteroatoms. The van der Waals surface area contributed by atoms with E-state index in [1.54, 1.807) is 41.4 Å². The minimum atomic E-state index is -0.398. The molecule has 0 bridgehead atoms. The van der Waals surface area contributed by atoms with E-state index in [-0.39, 0.29) is 0 Å². The first kappa shape index (κ1) is 17.4. The van der Waals surface area contributed by atoms with Gasteiger partial charge in [-0.15, -0.1) is 11.3 Å². The molecular formula is C21H16N4O3S. The number of nitrogens with two attached hydrogens (primary N) is 1. The summed E-state index contributed by atoms with van der Waals surface area (Å²) in [5, 5.41) is 3.96. The number of esters is 1. The predicted octanol–water partition coefficient (Wildman–Crippen LogP) is 4.48. The number of carbonyl (C=O) groups excluding carboxylic acids is 1. The number of carbonyl (C=O) groups is 1. The Balaban J connectivity index is 1.71. The molecule has 0 saturated carbocycles. The molecule has 0 aliphatic rings. The highest BCUT2D eigenvalue weighted by Gasteiger charge is 2.19. The molecule has 0 radical (unpaired) electrons. The van der Waals surface area contributed by atoms with Crippen molar-refractivity contribution in [2.24, 2.45) is 7.05 Å². The van der Waals surface area contributed by atoms with Gasteiger partial charge in [-0.05, 0) is 18.2 Å². The van der Waals surface area contributed by atoms with Gasteiger partial charge in [0.15, 0.2) is 11.4 Å². The van der Waals surface area contributed by atoms with Crippen LogP contribution in [0.1, 0.15) is 10.5 Å². The van der Waals surface area contributed by atoms with E-state index in [1.807, 2.05) is 29.9 Å². The largest absolute Gasteiger partial charge is 0.464 e. The average molecular weight is 404 g/mol. The number of furan rings is 1. The van der Waals surface area contributed by atoms with Crippen molar-refractivity contribution < 1.29 is 13.9 Å². The highest BCUT2D eigenvalue weighted by atomic mass is 32.1. The number of nitrogens with zero attached hydrogens (tertiary/aromatic N) is 3. The molecule has 0 aromatic carbocycles. The van der Waals surface area contributed by atoms with Crippen LogP contribution in [-0.2, 0) is 11.8 Å². The molecule has 0 aliphatic heterocycles. The molecule has 0 amide bonds. The van der Waals surface area contributed by atoms with Crippen LogP contribution in [0.3, 0.4) is 0 Å². The zero-order valence-corrected chi connectivity index (χ0v) is 16.5. The number of methoxy groups -OCH3 is 1. The lowest BCUT2D eigenvalue weighted by Gasteiger charge is -2.00. The summed E-state index contributed by atoms with van der Waals surface area (Å²) >= 11 is 1.61. The number of fused-ring (bicyclic) bond motifs is 2. The number of aryl methyl sites for hydroxylation is 1. The minimum Gasteiger partial charge on any atom is -0.464 e. The summed E-state index contributed by atoms with van der Waals surface area (Å²) in [5.74, 6) is 0.632. The number of hydrogen-bond donors (Lipinski definition) is 1. The summed E-state index contributed by atoms with van der Waals surface area (Å²) in [4.78, 5) is 20.4. The third-order valence-corrected chi connectivity index (χ3v) is 5.87. The fraction of sp³-hybridized carbons (Fsp3) is 0.0952. The highest BCUT2D eigenvalue weighted by Crippen LogP contribution is 2.40. The summed E-state index contributed by atoms with van der Waals surface area (Å²) in [6.07, 6.45) is 7.16. The Morgan fingerprint density at radius 1 is 1.24 bits per heavy atom. The molecular weight excluding hydrogens is 388 g/mol. The first-order valence-electron chi connectivity index (χ1n) is 8.81. The van der Waals surface area contributed by atoms with Crippen molar-refractivity contribution in [3.05, 3.63) is 54.1 Å². The smallest absolute Gasteiger partial charge is 0.354 e. The number of hydrogen-bond acceptors (Lipinski definition) is 7. The lowest BCUT2D eigenvalue weighted by atomic mass is 10.1. The van der Waals surface area contributed by atoms with Crippen molar-refractivity contribution in [2.45, 2.75) is 0 Å². The molecule has 5 aromatic heterocycles. The van der Waals surface area contributed by atoms with Crippen LogP contribution in [0.15, 0.2) is 52.8 Å². The second-order valence-corrected chi connectivity index (χ2v) is 7.56. The molecule has 5 aromatic rings. The van der Waals surface area contributed by atoms with Gasteiger partial charge in [-0.1, -0.05) is 0 Å². The monoisotopic (exact) mass is 404 g/mol. The van der Waals surface area contributed by atoms with E-state index >= 15 is 0 Å². The summed E-state index contributed by atoms with van der Waals surface area (Å²) < 4.78 is 13.8.